The third-order valence-electron chi connectivity index (χ3n) is 5.11. The average Bonchev–Trinajstić information content (AvgIpc) is 3.28. The zero-order chi connectivity index (χ0) is 20.3. The molecule has 1 aromatic heterocycles. The molecule has 152 valence electrons. The molecule has 1 aliphatic heterocycles. The van der Waals surface area contributed by atoms with Crippen molar-refractivity contribution in [2.75, 3.05) is 24.5 Å². The summed E-state index contributed by atoms with van der Waals surface area (Å²) in [5, 5.41) is 3.65. The summed E-state index contributed by atoms with van der Waals surface area (Å²) in [5.74, 6) is 0.274. The number of halogens is 1. The van der Waals surface area contributed by atoms with E-state index in [1.807, 2.05) is 41.8 Å². The van der Waals surface area contributed by atoms with E-state index in [1.54, 1.807) is 29.7 Å². The van der Waals surface area contributed by atoms with E-state index < -0.39 is 10.0 Å². The highest BCUT2D eigenvalue weighted by Gasteiger charge is 2.23. The summed E-state index contributed by atoms with van der Waals surface area (Å²) < 4.78 is 28.2. The van der Waals surface area contributed by atoms with E-state index in [9.17, 15) is 8.42 Å². The Hall–Kier alpha value is -1.93. The maximum absolute atomic E-state index is 12.7. The highest BCUT2D eigenvalue weighted by molar-refractivity contribution is 7.89. The van der Waals surface area contributed by atoms with Crippen LogP contribution in [0, 0.1) is 5.92 Å². The third-order valence-corrected chi connectivity index (χ3v) is 7.64. The summed E-state index contributed by atoms with van der Waals surface area (Å²) in [7, 11) is -3.54. The summed E-state index contributed by atoms with van der Waals surface area (Å²) in [5.41, 5.74) is 1.95. The van der Waals surface area contributed by atoms with E-state index in [2.05, 4.69) is 14.6 Å². The fourth-order valence-electron chi connectivity index (χ4n) is 3.56. The van der Waals surface area contributed by atoms with Gasteiger partial charge in [0.25, 0.3) is 0 Å². The lowest BCUT2D eigenvalue weighted by atomic mass is 9.99. The van der Waals surface area contributed by atoms with Crippen LogP contribution in [0.15, 0.2) is 65.0 Å². The lowest BCUT2D eigenvalue weighted by Crippen LogP contribution is -2.41. The summed E-state index contributed by atoms with van der Waals surface area (Å²) in [4.78, 5) is 6.89. The standard InChI is InChI=1S/C21H22ClN3O2S2/c22-19-7-3-17(4-8-19)18-5-9-20(10-6-18)29(26,27)24-14-16-2-1-12-25(15-16)21-23-11-13-28-21/h3-11,13,16,24H,1-2,12,14-15H2. The van der Waals surface area contributed by atoms with Crippen molar-refractivity contribution in [3.8, 4) is 11.1 Å². The Balaban J connectivity index is 1.39. The Bertz CT molecular complexity index is 1040. The monoisotopic (exact) mass is 447 g/mol. The van der Waals surface area contributed by atoms with Gasteiger partial charge in [-0.1, -0.05) is 35.9 Å². The third kappa shape index (κ3) is 4.98. The minimum absolute atomic E-state index is 0.274. The van der Waals surface area contributed by atoms with Gasteiger partial charge in [0.1, 0.15) is 0 Å². The number of thiazole rings is 1. The number of nitrogens with one attached hydrogen (secondary N) is 1. The van der Waals surface area contributed by atoms with Crippen molar-refractivity contribution in [3.63, 3.8) is 0 Å². The Labute approximate surface area is 180 Å². The number of nitrogens with zero attached hydrogens (tertiary/aromatic N) is 2. The second-order valence-electron chi connectivity index (χ2n) is 7.15. The van der Waals surface area contributed by atoms with Crippen LogP contribution in [-0.2, 0) is 10.0 Å². The molecule has 0 radical (unpaired) electrons. The smallest absolute Gasteiger partial charge is 0.240 e. The SMILES string of the molecule is O=S(=O)(NCC1CCCN(c2nccs2)C1)c1ccc(-c2ccc(Cl)cc2)cc1. The van der Waals surface area contributed by atoms with Gasteiger partial charge in [0.05, 0.1) is 4.90 Å². The molecule has 2 heterocycles. The molecule has 1 saturated heterocycles. The molecule has 0 spiro atoms. The van der Waals surface area contributed by atoms with Gasteiger partial charge in [-0.2, -0.15) is 0 Å². The minimum atomic E-state index is -3.54. The fraction of sp³-hybridized carbons (Fsp3) is 0.286. The number of sulfonamides is 1. The number of hydrogen-bond donors (Lipinski definition) is 1. The number of rotatable bonds is 6. The van der Waals surface area contributed by atoms with E-state index in [4.69, 9.17) is 11.6 Å². The van der Waals surface area contributed by atoms with Crippen LogP contribution in [0.3, 0.4) is 0 Å². The van der Waals surface area contributed by atoms with Gasteiger partial charge in [-0.05, 0) is 54.2 Å². The van der Waals surface area contributed by atoms with Crippen molar-refractivity contribution in [2.45, 2.75) is 17.7 Å². The maximum Gasteiger partial charge on any atom is 0.240 e. The molecule has 0 amide bonds. The van der Waals surface area contributed by atoms with Gasteiger partial charge in [-0.15, -0.1) is 11.3 Å². The molecule has 4 rings (SSSR count). The van der Waals surface area contributed by atoms with E-state index in [0.717, 1.165) is 42.2 Å². The first-order valence-corrected chi connectivity index (χ1v) is 12.3. The van der Waals surface area contributed by atoms with Crippen LogP contribution >= 0.6 is 22.9 Å². The number of anilines is 1. The van der Waals surface area contributed by atoms with Crippen LogP contribution in [0.2, 0.25) is 5.02 Å². The Morgan fingerprint density at radius 1 is 1.10 bits per heavy atom. The first-order valence-electron chi connectivity index (χ1n) is 9.51. The van der Waals surface area contributed by atoms with Gasteiger partial charge in [0.15, 0.2) is 5.13 Å². The van der Waals surface area contributed by atoms with Crippen molar-refractivity contribution in [2.24, 2.45) is 5.92 Å². The van der Waals surface area contributed by atoms with Crippen LogP contribution < -0.4 is 9.62 Å². The zero-order valence-corrected chi connectivity index (χ0v) is 18.2. The summed E-state index contributed by atoms with van der Waals surface area (Å²) >= 11 is 7.55. The predicted molar refractivity (Wildman–Crippen MR) is 119 cm³/mol. The Morgan fingerprint density at radius 2 is 1.79 bits per heavy atom. The van der Waals surface area contributed by atoms with Gasteiger partial charge < -0.3 is 4.90 Å². The van der Waals surface area contributed by atoms with Crippen molar-refractivity contribution in [1.82, 2.24) is 9.71 Å². The molecular formula is C21H22ClN3O2S2. The number of benzene rings is 2. The Kier molecular flexibility index (Phi) is 6.20. The van der Waals surface area contributed by atoms with Gasteiger partial charge in [0.2, 0.25) is 10.0 Å². The highest BCUT2D eigenvalue weighted by Crippen LogP contribution is 2.26. The molecule has 3 aromatic rings. The van der Waals surface area contributed by atoms with E-state index in [1.165, 1.54) is 0 Å². The molecule has 1 unspecified atom stereocenters. The maximum atomic E-state index is 12.7. The normalized spacial score (nSPS) is 17.4. The molecule has 0 bridgehead atoms. The van der Waals surface area contributed by atoms with Crippen molar-refractivity contribution >= 4 is 38.1 Å². The Morgan fingerprint density at radius 3 is 2.45 bits per heavy atom. The lowest BCUT2D eigenvalue weighted by molar-refractivity contribution is 0.410. The molecule has 5 nitrogen and oxygen atoms in total. The first-order chi connectivity index (χ1) is 14.0. The molecule has 0 aliphatic carbocycles. The van der Waals surface area contributed by atoms with Gasteiger partial charge >= 0.3 is 0 Å². The van der Waals surface area contributed by atoms with Crippen LogP contribution in [0.5, 0.6) is 0 Å². The second kappa shape index (κ2) is 8.83. The van der Waals surface area contributed by atoms with Crippen LogP contribution in [0.25, 0.3) is 11.1 Å². The number of aromatic nitrogens is 1. The molecule has 1 aliphatic rings. The second-order valence-corrected chi connectivity index (χ2v) is 10.2. The van der Waals surface area contributed by atoms with Crippen LogP contribution in [0.4, 0.5) is 5.13 Å². The van der Waals surface area contributed by atoms with E-state index in [0.29, 0.717) is 11.6 Å². The van der Waals surface area contributed by atoms with Crippen molar-refractivity contribution in [3.05, 3.63) is 65.1 Å². The fourth-order valence-corrected chi connectivity index (χ4v) is 5.48. The quantitative estimate of drug-likeness (QED) is 0.597. The van der Waals surface area contributed by atoms with E-state index in [-0.39, 0.29) is 10.8 Å². The molecular weight excluding hydrogens is 426 g/mol. The average molecular weight is 448 g/mol. The first kappa shape index (κ1) is 20.3. The number of piperidine rings is 1. The highest BCUT2D eigenvalue weighted by atomic mass is 35.5. The summed E-state index contributed by atoms with van der Waals surface area (Å²) in [6, 6.07) is 14.4. The molecule has 1 N–H and O–H groups in total. The molecule has 1 atom stereocenters. The van der Waals surface area contributed by atoms with Gasteiger partial charge in [-0.25, -0.2) is 18.1 Å². The largest absolute Gasteiger partial charge is 0.348 e. The van der Waals surface area contributed by atoms with Gasteiger partial charge in [-0.3, -0.25) is 0 Å². The van der Waals surface area contributed by atoms with Crippen LogP contribution in [-0.4, -0.2) is 33.0 Å². The molecule has 29 heavy (non-hydrogen) atoms. The number of hydrogen-bond acceptors (Lipinski definition) is 5. The van der Waals surface area contributed by atoms with Gasteiger partial charge in [0, 0.05) is 36.2 Å². The molecule has 8 heteroatoms. The summed E-state index contributed by atoms with van der Waals surface area (Å²) in [6.45, 7) is 2.23. The van der Waals surface area contributed by atoms with Crippen molar-refractivity contribution < 1.29 is 8.42 Å². The lowest BCUT2D eigenvalue weighted by Gasteiger charge is -2.32. The van der Waals surface area contributed by atoms with Crippen molar-refractivity contribution in [1.29, 1.82) is 0 Å². The summed E-state index contributed by atoms with van der Waals surface area (Å²) in [6.07, 6.45) is 3.86. The molecule has 1 fully saturated rings. The minimum Gasteiger partial charge on any atom is -0.348 e. The molecule has 0 saturated carbocycles. The van der Waals surface area contributed by atoms with Crippen LogP contribution in [0.1, 0.15) is 12.8 Å². The topological polar surface area (TPSA) is 62.3 Å². The predicted octanol–water partition coefficient (Wildman–Crippen LogP) is 4.66. The zero-order valence-electron chi connectivity index (χ0n) is 15.8. The molecule has 2 aromatic carbocycles. The van der Waals surface area contributed by atoms with E-state index >= 15 is 0 Å².